The van der Waals surface area contributed by atoms with Gasteiger partial charge in [0.05, 0.1) is 13.2 Å². The summed E-state index contributed by atoms with van der Waals surface area (Å²) >= 11 is 0. The van der Waals surface area contributed by atoms with Crippen LogP contribution in [0.15, 0.2) is 18.2 Å². The minimum atomic E-state index is -0.107. The summed E-state index contributed by atoms with van der Waals surface area (Å²) in [7, 11) is 0. The molecule has 106 valence electrons. The van der Waals surface area contributed by atoms with E-state index in [0.717, 1.165) is 6.42 Å². The molecule has 0 aromatic heterocycles. The molecule has 19 heavy (non-hydrogen) atoms. The summed E-state index contributed by atoms with van der Waals surface area (Å²) in [6, 6.07) is 5.31. The topological polar surface area (TPSA) is 58.6 Å². The molecule has 2 N–H and O–H groups in total. The number of hydrogen-bond acceptors (Lipinski definition) is 3. The van der Waals surface area contributed by atoms with Crippen molar-refractivity contribution in [2.45, 2.75) is 40.2 Å². The van der Waals surface area contributed by atoms with Gasteiger partial charge in [-0.25, -0.2) is 0 Å². The molecule has 0 saturated carbocycles. The monoisotopic (exact) mass is 265 g/mol. The highest BCUT2D eigenvalue weighted by molar-refractivity contribution is 5.91. The van der Waals surface area contributed by atoms with E-state index in [9.17, 15) is 9.90 Å². The Morgan fingerprint density at radius 3 is 2.74 bits per heavy atom. The Bertz CT molecular complexity index is 418. The third kappa shape index (κ3) is 4.91. The van der Waals surface area contributed by atoms with E-state index in [0.29, 0.717) is 35.9 Å². The van der Waals surface area contributed by atoms with Crippen LogP contribution in [-0.4, -0.2) is 17.6 Å². The van der Waals surface area contributed by atoms with E-state index in [1.54, 1.807) is 18.2 Å². The van der Waals surface area contributed by atoms with Gasteiger partial charge in [-0.05, 0) is 31.0 Å². The molecular weight excluding hydrogens is 242 g/mol. The summed E-state index contributed by atoms with van der Waals surface area (Å²) in [5.41, 5.74) is 1.38. The number of nitrogens with one attached hydrogen (secondary N) is 1. The number of carbonyl (C=O) groups excluding carboxylic acids is 1. The Balaban J connectivity index is 2.71. The van der Waals surface area contributed by atoms with Crippen LogP contribution in [0.4, 0.5) is 5.69 Å². The first-order valence-corrected chi connectivity index (χ1v) is 6.77. The number of rotatable bonds is 7. The summed E-state index contributed by atoms with van der Waals surface area (Å²) in [6.07, 6.45) is 1.50. The molecule has 4 heteroatoms. The van der Waals surface area contributed by atoms with Gasteiger partial charge in [0.2, 0.25) is 5.91 Å². The number of benzene rings is 1. The Morgan fingerprint density at radius 1 is 1.42 bits per heavy atom. The molecule has 1 unspecified atom stereocenters. The lowest BCUT2D eigenvalue weighted by Gasteiger charge is -2.12. The van der Waals surface area contributed by atoms with E-state index in [4.69, 9.17) is 4.74 Å². The van der Waals surface area contributed by atoms with Crippen molar-refractivity contribution in [3.63, 3.8) is 0 Å². The van der Waals surface area contributed by atoms with Crippen molar-refractivity contribution >= 4 is 11.6 Å². The maximum atomic E-state index is 11.8. The summed E-state index contributed by atoms with van der Waals surface area (Å²) in [4.78, 5) is 11.8. The molecule has 0 heterocycles. The number of aliphatic hydroxyl groups is 1. The maximum Gasteiger partial charge on any atom is 0.224 e. The van der Waals surface area contributed by atoms with Gasteiger partial charge in [0, 0.05) is 17.7 Å². The highest BCUT2D eigenvalue weighted by Gasteiger charge is 2.09. The molecule has 1 rings (SSSR count). The van der Waals surface area contributed by atoms with E-state index < -0.39 is 0 Å². The third-order valence-corrected chi connectivity index (χ3v) is 3.05. The first-order chi connectivity index (χ1) is 9.10. The molecule has 0 aliphatic heterocycles. The van der Waals surface area contributed by atoms with E-state index in [2.05, 4.69) is 19.2 Å². The SMILES string of the molecule is CCOc1ccc(NC(=O)CC(C)CC)cc1CO. The highest BCUT2D eigenvalue weighted by atomic mass is 16.5. The molecule has 1 amide bonds. The van der Waals surface area contributed by atoms with Gasteiger partial charge in [0.15, 0.2) is 0 Å². The standard InChI is InChI=1S/C15H23NO3/c1-4-11(3)8-15(18)16-13-6-7-14(19-5-2)12(9-13)10-17/h6-7,9,11,17H,4-5,8,10H2,1-3H3,(H,16,18). The molecular formula is C15H23NO3. The van der Waals surface area contributed by atoms with Crippen molar-refractivity contribution < 1.29 is 14.6 Å². The number of amides is 1. The molecule has 1 aromatic carbocycles. The van der Waals surface area contributed by atoms with Gasteiger partial charge < -0.3 is 15.2 Å². The number of hydrogen-bond donors (Lipinski definition) is 2. The Morgan fingerprint density at radius 2 is 2.16 bits per heavy atom. The third-order valence-electron chi connectivity index (χ3n) is 3.05. The van der Waals surface area contributed by atoms with Crippen LogP contribution in [0.2, 0.25) is 0 Å². The largest absolute Gasteiger partial charge is 0.494 e. The Labute approximate surface area is 114 Å². The van der Waals surface area contributed by atoms with Gasteiger partial charge in [-0.3, -0.25) is 4.79 Å². The lowest BCUT2D eigenvalue weighted by Crippen LogP contribution is -2.15. The van der Waals surface area contributed by atoms with Crippen LogP contribution < -0.4 is 10.1 Å². The molecule has 0 spiro atoms. The second-order valence-electron chi connectivity index (χ2n) is 4.68. The number of aliphatic hydroxyl groups excluding tert-OH is 1. The van der Waals surface area contributed by atoms with E-state index >= 15 is 0 Å². The van der Waals surface area contributed by atoms with Crippen LogP contribution in [0.5, 0.6) is 5.75 Å². The molecule has 1 atom stereocenters. The van der Waals surface area contributed by atoms with Gasteiger partial charge in [-0.1, -0.05) is 20.3 Å². The number of carbonyl (C=O) groups is 1. The molecule has 0 aliphatic carbocycles. The predicted molar refractivity (Wildman–Crippen MR) is 76.2 cm³/mol. The Kier molecular flexibility index (Phi) is 6.36. The average molecular weight is 265 g/mol. The van der Waals surface area contributed by atoms with Gasteiger partial charge in [-0.15, -0.1) is 0 Å². The van der Waals surface area contributed by atoms with Crippen molar-refractivity contribution in [2.24, 2.45) is 5.92 Å². The van der Waals surface area contributed by atoms with Gasteiger partial charge in [0.25, 0.3) is 0 Å². The first kappa shape index (κ1) is 15.5. The number of ether oxygens (including phenoxy) is 1. The van der Waals surface area contributed by atoms with Gasteiger partial charge >= 0.3 is 0 Å². The zero-order valence-electron chi connectivity index (χ0n) is 11.9. The minimum Gasteiger partial charge on any atom is -0.494 e. The van der Waals surface area contributed by atoms with Crippen LogP contribution in [0.3, 0.4) is 0 Å². The van der Waals surface area contributed by atoms with E-state index in [1.165, 1.54) is 0 Å². The zero-order valence-corrected chi connectivity index (χ0v) is 11.9. The van der Waals surface area contributed by atoms with Crippen LogP contribution in [0.1, 0.15) is 39.2 Å². The van der Waals surface area contributed by atoms with Crippen LogP contribution >= 0.6 is 0 Å². The normalized spacial score (nSPS) is 12.0. The summed E-state index contributed by atoms with van der Waals surface area (Å²) in [5.74, 6) is 1.03. The second-order valence-corrected chi connectivity index (χ2v) is 4.68. The average Bonchev–Trinajstić information content (AvgIpc) is 2.40. The quantitative estimate of drug-likeness (QED) is 0.797. The van der Waals surface area contributed by atoms with Crippen molar-refractivity contribution in [3.8, 4) is 5.75 Å². The fourth-order valence-electron chi connectivity index (χ4n) is 1.75. The first-order valence-electron chi connectivity index (χ1n) is 6.77. The van der Waals surface area contributed by atoms with Gasteiger partial charge in [0.1, 0.15) is 5.75 Å². The maximum absolute atomic E-state index is 11.8. The lowest BCUT2D eigenvalue weighted by molar-refractivity contribution is -0.117. The van der Waals surface area contributed by atoms with Crippen molar-refractivity contribution in [1.82, 2.24) is 0 Å². The van der Waals surface area contributed by atoms with E-state index in [-0.39, 0.29) is 12.5 Å². The van der Waals surface area contributed by atoms with Crippen LogP contribution in [0.25, 0.3) is 0 Å². The smallest absolute Gasteiger partial charge is 0.224 e. The van der Waals surface area contributed by atoms with Crippen molar-refractivity contribution in [2.75, 3.05) is 11.9 Å². The van der Waals surface area contributed by atoms with Gasteiger partial charge in [-0.2, -0.15) is 0 Å². The molecule has 0 fully saturated rings. The zero-order chi connectivity index (χ0) is 14.3. The molecule has 4 nitrogen and oxygen atoms in total. The fraction of sp³-hybridized carbons (Fsp3) is 0.533. The summed E-state index contributed by atoms with van der Waals surface area (Å²) in [6.45, 7) is 6.45. The predicted octanol–water partition coefficient (Wildman–Crippen LogP) is 2.95. The molecule has 0 saturated heterocycles. The minimum absolute atomic E-state index is 0.00222. The summed E-state index contributed by atoms with van der Waals surface area (Å²) < 4.78 is 5.40. The van der Waals surface area contributed by atoms with Crippen LogP contribution in [-0.2, 0) is 11.4 Å². The molecule has 0 bridgehead atoms. The molecule has 0 radical (unpaired) electrons. The van der Waals surface area contributed by atoms with Crippen LogP contribution in [0, 0.1) is 5.92 Å². The van der Waals surface area contributed by atoms with Crippen molar-refractivity contribution in [1.29, 1.82) is 0 Å². The fourth-order valence-corrected chi connectivity index (χ4v) is 1.75. The molecule has 1 aromatic rings. The second kappa shape index (κ2) is 7.79. The summed E-state index contributed by atoms with van der Waals surface area (Å²) in [5, 5.41) is 12.1. The Hall–Kier alpha value is -1.55. The lowest BCUT2D eigenvalue weighted by atomic mass is 10.0. The van der Waals surface area contributed by atoms with Crippen molar-refractivity contribution in [3.05, 3.63) is 23.8 Å². The molecule has 0 aliphatic rings. The highest BCUT2D eigenvalue weighted by Crippen LogP contribution is 2.23. The van der Waals surface area contributed by atoms with E-state index in [1.807, 2.05) is 6.92 Å². The number of anilines is 1.